The molecule has 1 saturated heterocycles. The van der Waals surface area contributed by atoms with Crippen LogP contribution in [-0.2, 0) is 17.9 Å². The monoisotopic (exact) mass is 456 g/mol. The third-order valence-corrected chi connectivity index (χ3v) is 6.19. The Morgan fingerprint density at radius 2 is 2.09 bits per heavy atom. The summed E-state index contributed by atoms with van der Waals surface area (Å²) in [6.07, 6.45) is 7.28. The minimum absolute atomic E-state index is 0.0434. The number of nitrogens with zero attached hydrogens (tertiary/aromatic N) is 5. The maximum absolute atomic E-state index is 12.8. The molecule has 5 rings (SSSR count). The average Bonchev–Trinajstić information content (AvgIpc) is 3.56. The number of nitrogens with one attached hydrogen (secondary N) is 1. The molecule has 0 bridgehead atoms. The molecule has 3 heterocycles. The van der Waals surface area contributed by atoms with Gasteiger partial charge >= 0.3 is 0 Å². The van der Waals surface area contributed by atoms with Crippen LogP contribution in [0.3, 0.4) is 0 Å². The van der Waals surface area contributed by atoms with E-state index in [9.17, 15) is 4.79 Å². The molecule has 0 saturated carbocycles. The van der Waals surface area contributed by atoms with Crippen LogP contribution in [0.1, 0.15) is 29.9 Å². The van der Waals surface area contributed by atoms with Crippen LogP contribution in [0.25, 0.3) is 17.1 Å². The molecular formula is C26H28N6O2. The predicted molar refractivity (Wildman–Crippen MR) is 128 cm³/mol. The minimum atomic E-state index is -0.0434. The Balaban J connectivity index is 1.13. The topological polar surface area (TPSA) is 89.1 Å². The van der Waals surface area contributed by atoms with E-state index in [1.54, 1.807) is 12.5 Å². The van der Waals surface area contributed by atoms with Crippen LogP contribution in [0.2, 0.25) is 0 Å². The lowest BCUT2D eigenvalue weighted by atomic mass is 9.97. The molecule has 0 aliphatic carbocycles. The largest absolute Gasteiger partial charge is 0.352 e. The van der Waals surface area contributed by atoms with Crippen LogP contribution < -0.4 is 5.32 Å². The van der Waals surface area contributed by atoms with Gasteiger partial charge in [0.1, 0.15) is 0 Å². The van der Waals surface area contributed by atoms with Crippen LogP contribution >= 0.6 is 0 Å². The summed E-state index contributed by atoms with van der Waals surface area (Å²) in [5.41, 5.74) is 4.22. The second-order valence-corrected chi connectivity index (χ2v) is 8.81. The molecule has 34 heavy (non-hydrogen) atoms. The standard InChI is InChI=1S/C26H28N6O2/c1-19-4-2-5-21(14-19)25-29-24(34-30-25)17-31-12-3-6-22(16-31)26(33)28-15-20-7-9-23(10-8-20)32-13-11-27-18-32/h2,4-5,7-11,13-14,18,22H,3,6,12,15-17H2,1H3,(H,28,33). The third kappa shape index (κ3) is 5.23. The summed E-state index contributed by atoms with van der Waals surface area (Å²) >= 11 is 0. The second kappa shape index (κ2) is 10.0. The van der Waals surface area contributed by atoms with E-state index in [4.69, 9.17) is 4.52 Å². The Bertz CT molecular complexity index is 1230. The zero-order valence-electron chi connectivity index (χ0n) is 19.2. The van der Waals surface area contributed by atoms with Gasteiger partial charge in [0.05, 0.1) is 18.8 Å². The van der Waals surface area contributed by atoms with Gasteiger partial charge < -0.3 is 14.4 Å². The zero-order valence-corrected chi connectivity index (χ0v) is 19.2. The van der Waals surface area contributed by atoms with Gasteiger partial charge in [-0.15, -0.1) is 0 Å². The molecule has 2 aromatic heterocycles. The van der Waals surface area contributed by atoms with Gasteiger partial charge in [-0.2, -0.15) is 4.98 Å². The van der Waals surface area contributed by atoms with Gasteiger partial charge in [-0.1, -0.05) is 41.1 Å². The van der Waals surface area contributed by atoms with Crippen LogP contribution in [0.4, 0.5) is 0 Å². The van der Waals surface area contributed by atoms with Crippen molar-refractivity contribution in [1.29, 1.82) is 0 Å². The van der Waals surface area contributed by atoms with Gasteiger partial charge in [0.2, 0.25) is 17.6 Å². The number of rotatable bonds is 7. The quantitative estimate of drug-likeness (QED) is 0.456. The van der Waals surface area contributed by atoms with Crippen LogP contribution in [0.15, 0.2) is 71.8 Å². The predicted octanol–water partition coefficient (Wildman–Crippen LogP) is 3.76. The van der Waals surface area contributed by atoms with Gasteiger partial charge in [-0.25, -0.2) is 4.98 Å². The van der Waals surface area contributed by atoms with Crippen molar-refractivity contribution in [1.82, 2.24) is 29.9 Å². The first kappa shape index (κ1) is 22.0. The first-order chi connectivity index (χ1) is 16.6. The van der Waals surface area contributed by atoms with Crippen molar-refractivity contribution in [3.63, 3.8) is 0 Å². The first-order valence-corrected chi connectivity index (χ1v) is 11.6. The van der Waals surface area contributed by atoms with Gasteiger partial charge in [0.25, 0.3) is 0 Å². The highest BCUT2D eigenvalue weighted by molar-refractivity contribution is 5.79. The number of hydrogen-bond donors (Lipinski definition) is 1. The highest BCUT2D eigenvalue weighted by Gasteiger charge is 2.26. The van der Waals surface area contributed by atoms with Crippen LogP contribution in [0, 0.1) is 12.8 Å². The van der Waals surface area contributed by atoms with Crippen molar-refractivity contribution in [2.45, 2.75) is 32.9 Å². The number of aryl methyl sites for hydroxylation is 1. The van der Waals surface area contributed by atoms with E-state index in [2.05, 4.69) is 25.3 Å². The number of piperidine rings is 1. The number of carbonyl (C=O) groups is 1. The highest BCUT2D eigenvalue weighted by Crippen LogP contribution is 2.21. The van der Waals surface area contributed by atoms with E-state index >= 15 is 0 Å². The molecule has 1 N–H and O–H groups in total. The van der Waals surface area contributed by atoms with Crippen molar-refractivity contribution < 1.29 is 9.32 Å². The molecule has 8 heteroatoms. The molecule has 0 radical (unpaired) electrons. The summed E-state index contributed by atoms with van der Waals surface area (Å²) in [6.45, 7) is 4.72. The SMILES string of the molecule is Cc1cccc(-c2noc(CN3CCCC(C(=O)NCc4ccc(-n5ccnc5)cc4)C3)n2)c1. The Morgan fingerprint density at radius 3 is 2.88 bits per heavy atom. The Labute approximate surface area is 198 Å². The Hall–Kier alpha value is -3.78. The number of amides is 1. The van der Waals surface area contributed by atoms with E-state index in [1.165, 1.54) is 0 Å². The maximum Gasteiger partial charge on any atom is 0.241 e. The minimum Gasteiger partial charge on any atom is -0.352 e. The number of imidazole rings is 1. The second-order valence-electron chi connectivity index (χ2n) is 8.81. The molecule has 4 aromatic rings. The molecule has 1 fully saturated rings. The fraction of sp³-hybridized carbons (Fsp3) is 0.308. The summed E-state index contributed by atoms with van der Waals surface area (Å²) in [7, 11) is 0. The summed E-state index contributed by atoms with van der Waals surface area (Å²) in [5.74, 6) is 1.23. The number of hydrogen-bond acceptors (Lipinski definition) is 6. The fourth-order valence-electron chi connectivity index (χ4n) is 4.36. The Kier molecular flexibility index (Phi) is 6.49. The molecule has 1 unspecified atom stereocenters. The van der Waals surface area contributed by atoms with E-state index in [0.29, 0.717) is 31.3 Å². The summed E-state index contributed by atoms with van der Waals surface area (Å²) in [5, 5.41) is 7.24. The lowest BCUT2D eigenvalue weighted by Crippen LogP contribution is -2.42. The molecule has 2 aromatic carbocycles. The van der Waals surface area contributed by atoms with Crippen molar-refractivity contribution in [3.8, 4) is 17.1 Å². The van der Waals surface area contributed by atoms with Gasteiger partial charge in [-0.3, -0.25) is 9.69 Å². The molecule has 1 amide bonds. The zero-order chi connectivity index (χ0) is 23.3. The van der Waals surface area contributed by atoms with Crippen LogP contribution in [-0.4, -0.2) is 43.6 Å². The van der Waals surface area contributed by atoms with Crippen molar-refractivity contribution >= 4 is 5.91 Å². The van der Waals surface area contributed by atoms with Gasteiger partial charge in [0, 0.05) is 36.7 Å². The fourth-order valence-corrected chi connectivity index (χ4v) is 4.36. The summed E-state index contributed by atoms with van der Waals surface area (Å²) in [4.78, 5) is 23.7. The number of aromatic nitrogens is 4. The molecular weight excluding hydrogens is 428 g/mol. The van der Waals surface area contributed by atoms with Crippen molar-refractivity contribution in [2.75, 3.05) is 13.1 Å². The maximum atomic E-state index is 12.8. The Morgan fingerprint density at radius 1 is 1.21 bits per heavy atom. The highest BCUT2D eigenvalue weighted by atomic mass is 16.5. The van der Waals surface area contributed by atoms with E-state index in [0.717, 1.165) is 41.8 Å². The van der Waals surface area contributed by atoms with Gasteiger partial charge in [-0.05, 0) is 50.1 Å². The summed E-state index contributed by atoms with van der Waals surface area (Å²) in [6, 6.07) is 16.2. The van der Waals surface area contributed by atoms with Crippen LogP contribution in [0.5, 0.6) is 0 Å². The molecule has 1 atom stereocenters. The number of carbonyl (C=O) groups excluding carboxylic acids is 1. The van der Waals surface area contributed by atoms with E-state index in [-0.39, 0.29) is 11.8 Å². The van der Waals surface area contributed by atoms with Gasteiger partial charge in [0.15, 0.2) is 0 Å². The van der Waals surface area contributed by atoms with Crippen molar-refractivity contribution in [3.05, 3.63) is 84.3 Å². The van der Waals surface area contributed by atoms with Crippen molar-refractivity contribution in [2.24, 2.45) is 5.92 Å². The summed E-state index contributed by atoms with van der Waals surface area (Å²) < 4.78 is 7.44. The van der Waals surface area contributed by atoms with E-state index in [1.807, 2.05) is 66.2 Å². The van der Waals surface area contributed by atoms with E-state index < -0.39 is 0 Å². The first-order valence-electron chi connectivity index (χ1n) is 11.6. The number of benzene rings is 2. The smallest absolute Gasteiger partial charge is 0.241 e. The molecule has 0 spiro atoms. The normalized spacial score (nSPS) is 16.4. The molecule has 174 valence electrons. The lowest BCUT2D eigenvalue weighted by Gasteiger charge is -2.30. The third-order valence-electron chi connectivity index (χ3n) is 6.19. The molecule has 1 aliphatic rings. The molecule has 8 nitrogen and oxygen atoms in total. The molecule has 1 aliphatic heterocycles. The lowest BCUT2D eigenvalue weighted by molar-refractivity contribution is -0.127. The number of likely N-dealkylation sites (tertiary alicyclic amines) is 1. The average molecular weight is 457 g/mol.